The summed E-state index contributed by atoms with van der Waals surface area (Å²) in [7, 11) is 4.06. The van der Waals surface area contributed by atoms with Crippen molar-refractivity contribution in [3.8, 4) is 5.75 Å². The van der Waals surface area contributed by atoms with E-state index in [0.717, 1.165) is 34.0 Å². The van der Waals surface area contributed by atoms with Gasteiger partial charge in [-0.25, -0.2) is 0 Å². The van der Waals surface area contributed by atoms with Gasteiger partial charge in [-0.05, 0) is 47.7 Å². The van der Waals surface area contributed by atoms with Crippen LogP contribution in [-0.2, 0) is 0 Å². The zero-order valence-corrected chi connectivity index (χ0v) is 15.3. The van der Waals surface area contributed by atoms with Crippen LogP contribution in [0.25, 0.3) is 5.82 Å². The van der Waals surface area contributed by atoms with Gasteiger partial charge in [-0.15, -0.1) is 0 Å². The molecule has 2 aliphatic rings. The molecule has 0 spiro atoms. The molecular weight excluding hydrogens is 391 g/mol. The minimum Gasteiger partial charge on any atom is -0.443 e. The van der Waals surface area contributed by atoms with Crippen LogP contribution in [-0.4, -0.2) is 43.7 Å². The first kappa shape index (κ1) is 15.9. The van der Waals surface area contributed by atoms with Crippen LogP contribution in [0.3, 0.4) is 0 Å². The zero-order valence-electron chi connectivity index (χ0n) is 12.2. The zero-order chi connectivity index (χ0) is 15.9. The smallest absolute Gasteiger partial charge is 0.210 e. The second-order valence-corrected chi connectivity index (χ2v) is 6.87. The molecule has 0 fully saturated rings. The van der Waals surface area contributed by atoms with Crippen molar-refractivity contribution in [2.75, 3.05) is 33.9 Å². The highest BCUT2D eigenvalue weighted by Gasteiger charge is 2.22. The summed E-state index contributed by atoms with van der Waals surface area (Å²) in [5.41, 5.74) is 0. The number of ether oxygens (including phenoxy) is 1. The van der Waals surface area contributed by atoms with Crippen molar-refractivity contribution in [3.05, 3.63) is 37.6 Å². The Balaban J connectivity index is 2.21. The molecule has 0 unspecified atom stereocenters. The van der Waals surface area contributed by atoms with Crippen molar-refractivity contribution in [1.29, 1.82) is 0 Å². The van der Waals surface area contributed by atoms with Gasteiger partial charge in [0.15, 0.2) is 0 Å². The minimum absolute atomic E-state index is 0.305. The van der Waals surface area contributed by atoms with Crippen LogP contribution in [0.15, 0.2) is 26.9 Å². The predicted octanol–water partition coefficient (Wildman–Crippen LogP) is 1.64. The van der Waals surface area contributed by atoms with E-state index in [2.05, 4.69) is 31.1 Å². The van der Waals surface area contributed by atoms with E-state index < -0.39 is 0 Å². The summed E-state index contributed by atoms with van der Waals surface area (Å²) in [6.07, 6.45) is 1.78. The monoisotopic (exact) mass is 404 g/mol. The van der Waals surface area contributed by atoms with Crippen LogP contribution in [0, 0.1) is 0 Å². The van der Waals surface area contributed by atoms with E-state index in [1.807, 2.05) is 25.1 Å². The van der Waals surface area contributed by atoms with Gasteiger partial charge < -0.3 is 19.9 Å². The summed E-state index contributed by atoms with van der Waals surface area (Å²) < 4.78 is 6.47. The number of nitrogens with zero attached hydrogens (tertiary/aromatic N) is 3. The lowest BCUT2D eigenvalue weighted by molar-refractivity contribution is 0.352. The molecule has 0 aliphatic carbocycles. The molecule has 118 valence electrons. The first-order valence-electron chi connectivity index (χ1n) is 6.74. The molecule has 0 bridgehead atoms. The predicted molar refractivity (Wildman–Crippen MR) is 91.2 cm³/mol. The highest BCUT2D eigenvalue weighted by molar-refractivity contribution is 9.10. The summed E-state index contributed by atoms with van der Waals surface area (Å²) in [6.45, 7) is 2.10. The molecule has 5 nitrogen and oxygen atoms in total. The van der Waals surface area contributed by atoms with Crippen LogP contribution in [0.2, 0.25) is 5.02 Å². The highest BCUT2D eigenvalue weighted by Crippen LogP contribution is 2.26. The molecule has 8 heteroatoms. The Kier molecular flexibility index (Phi) is 4.54. The fraction of sp³-hybridized carbons (Fsp3) is 0.357. The van der Waals surface area contributed by atoms with Crippen LogP contribution in [0.4, 0.5) is 0 Å². The quantitative estimate of drug-likeness (QED) is 0.829. The van der Waals surface area contributed by atoms with Crippen molar-refractivity contribution >= 4 is 45.0 Å². The maximum Gasteiger partial charge on any atom is 0.210 e. The Bertz CT molecular complexity index is 763. The lowest BCUT2D eigenvalue weighted by Crippen LogP contribution is -2.45. The standard InChI is InChI=1S/C14H15BrCl2N4O/c1-20(2)3-4-21-6-10(16)22-9-5-8(15)12(17)13-11(9)14(21)19-7-18-13/h5-6,19H,3-4,7H2,1-2H3. The molecule has 0 saturated heterocycles. The Morgan fingerprint density at radius 3 is 2.95 bits per heavy atom. The summed E-state index contributed by atoms with van der Waals surface area (Å²) in [6, 6.07) is 1.81. The van der Waals surface area contributed by atoms with Crippen molar-refractivity contribution in [2.24, 2.45) is 4.99 Å². The molecule has 1 aromatic carbocycles. The van der Waals surface area contributed by atoms with Gasteiger partial charge in [0, 0.05) is 17.6 Å². The largest absolute Gasteiger partial charge is 0.443 e. The van der Waals surface area contributed by atoms with Crippen LogP contribution in [0.5, 0.6) is 5.75 Å². The number of benzene rings is 1. The topological polar surface area (TPSA) is 40.1 Å². The fourth-order valence-electron chi connectivity index (χ4n) is 2.38. The van der Waals surface area contributed by atoms with E-state index >= 15 is 0 Å². The Morgan fingerprint density at radius 1 is 1.45 bits per heavy atom. The van der Waals surface area contributed by atoms with E-state index in [9.17, 15) is 0 Å². The number of hydrogen-bond donors (Lipinski definition) is 1. The van der Waals surface area contributed by atoms with Gasteiger partial charge in [-0.1, -0.05) is 11.6 Å². The third kappa shape index (κ3) is 2.93. The highest BCUT2D eigenvalue weighted by atomic mass is 79.9. The van der Waals surface area contributed by atoms with Crippen LogP contribution < -0.4 is 20.6 Å². The average molecular weight is 406 g/mol. The maximum atomic E-state index is 6.38. The van der Waals surface area contributed by atoms with Gasteiger partial charge >= 0.3 is 0 Å². The van der Waals surface area contributed by atoms with Crippen molar-refractivity contribution in [3.63, 3.8) is 0 Å². The minimum atomic E-state index is 0.305. The van der Waals surface area contributed by atoms with Crippen molar-refractivity contribution in [2.45, 2.75) is 0 Å². The molecule has 1 N–H and O–H groups in total. The van der Waals surface area contributed by atoms with E-state index in [4.69, 9.17) is 27.9 Å². The molecule has 0 radical (unpaired) electrons. The number of halogens is 3. The van der Waals surface area contributed by atoms with E-state index in [1.54, 1.807) is 6.20 Å². The average Bonchev–Trinajstić information content (AvgIpc) is 2.60. The molecule has 0 saturated carbocycles. The molecule has 0 atom stereocenters. The molecule has 1 aromatic rings. The van der Waals surface area contributed by atoms with Gasteiger partial charge in [-0.2, -0.15) is 0 Å². The maximum absolute atomic E-state index is 6.38. The fourth-order valence-corrected chi connectivity index (χ4v) is 3.18. The van der Waals surface area contributed by atoms with Gasteiger partial charge in [0.25, 0.3) is 0 Å². The third-order valence-electron chi connectivity index (χ3n) is 3.42. The Morgan fingerprint density at radius 2 is 2.23 bits per heavy atom. The summed E-state index contributed by atoms with van der Waals surface area (Å²) >= 11 is 16.0. The molecular formula is C14H15BrCl2N4O. The van der Waals surface area contributed by atoms with E-state index in [0.29, 0.717) is 22.7 Å². The van der Waals surface area contributed by atoms with Crippen molar-refractivity contribution in [1.82, 2.24) is 15.1 Å². The lowest BCUT2D eigenvalue weighted by Gasteiger charge is -2.26. The normalized spacial score (nSPS) is 16.4. The molecule has 3 rings (SSSR count). The number of likely N-dealkylation sites (N-methyl/N-ethyl adjacent to an activating group) is 1. The second-order valence-electron chi connectivity index (χ2n) is 5.27. The van der Waals surface area contributed by atoms with Gasteiger partial charge in [0.1, 0.15) is 18.2 Å². The summed E-state index contributed by atoms with van der Waals surface area (Å²) in [5.74, 6) is 1.54. The van der Waals surface area contributed by atoms with E-state index in [1.165, 1.54) is 0 Å². The number of nitrogens with one attached hydrogen (secondary N) is 1. The van der Waals surface area contributed by atoms with Gasteiger partial charge in [0.05, 0.1) is 21.8 Å². The molecule has 2 heterocycles. The second kappa shape index (κ2) is 6.28. The molecule has 2 aliphatic heterocycles. The number of rotatable bonds is 3. The summed E-state index contributed by atoms with van der Waals surface area (Å²) in [4.78, 5) is 8.61. The third-order valence-corrected chi connectivity index (χ3v) is 4.83. The first-order chi connectivity index (χ1) is 10.5. The lowest BCUT2D eigenvalue weighted by atomic mass is 10.2. The molecule has 0 amide bonds. The Labute approximate surface area is 147 Å². The first-order valence-corrected chi connectivity index (χ1v) is 8.29. The van der Waals surface area contributed by atoms with E-state index in [-0.39, 0.29) is 0 Å². The van der Waals surface area contributed by atoms with Crippen LogP contribution in [0.1, 0.15) is 0 Å². The molecule has 22 heavy (non-hydrogen) atoms. The van der Waals surface area contributed by atoms with Crippen molar-refractivity contribution < 1.29 is 4.74 Å². The Hall–Kier alpha value is -0.950. The SMILES string of the molecule is CN(C)CCN1C=C(Cl)Oc2cc(Br)c(Cl)c3c2=C1NCN=3. The molecule has 0 aromatic heterocycles. The van der Waals surface area contributed by atoms with Gasteiger partial charge in [0.2, 0.25) is 5.22 Å². The van der Waals surface area contributed by atoms with Crippen LogP contribution >= 0.6 is 39.1 Å². The van der Waals surface area contributed by atoms with Gasteiger partial charge in [-0.3, -0.25) is 4.99 Å². The number of hydrogen-bond acceptors (Lipinski definition) is 5. The summed E-state index contributed by atoms with van der Waals surface area (Å²) in [5, 5.41) is 5.73.